The predicted molar refractivity (Wildman–Crippen MR) is 97.6 cm³/mol. The average Bonchev–Trinajstić information content (AvgIpc) is 2.94. The van der Waals surface area contributed by atoms with Crippen molar-refractivity contribution in [1.82, 2.24) is 9.80 Å². The average molecular weight is 387 g/mol. The van der Waals surface area contributed by atoms with E-state index in [1.165, 1.54) is 9.80 Å². The summed E-state index contributed by atoms with van der Waals surface area (Å²) in [5, 5.41) is 19.3. The minimum atomic E-state index is -1.61. The summed E-state index contributed by atoms with van der Waals surface area (Å²) in [6.07, 6.45) is -2.57. The Morgan fingerprint density at radius 1 is 1.36 bits per heavy atom. The van der Waals surface area contributed by atoms with E-state index < -0.39 is 30.1 Å². The fourth-order valence-electron chi connectivity index (χ4n) is 3.65. The van der Waals surface area contributed by atoms with Crippen molar-refractivity contribution in [2.24, 2.45) is 0 Å². The zero-order valence-corrected chi connectivity index (χ0v) is 16.0. The van der Waals surface area contributed by atoms with Crippen LogP contribution in [0.4, 0.5) is 9.18 Å². The van der Waals surface area contributed by atoms with E-state index in [4.69, 9.17) is 4.74 Å². The number of benzene rings is 1. The van der Waals surface area contributed by atoms with Gasteiger partial charge in [0.25, 0.3) is 0 Å². The first kappa shape index (κ1) is 19.9. The van der Waals surface area contributed by atoms with E-state index in [1.807, 2.05) is 6.07 Å². The van der Waals surface area contributed by atoms with Crippen LogP contribution in [0.2, 0.25) is 0 Å². The summed E-state index contributed by atoms with van der Waals surface area (Å²) in [7, 11) is 0. The Labute approximate surface area is 162 Å². The SMILES string of the molecule is CC(C)(C)OC(=O)N1Cc2cc(O)ccc2C[C@H]1N1CC(F)C(=C=O)C1C#N. The molecule has 3 rings (SSSR count). The molecule has 3 atom stereocenters. The van der Waals surface area contributed by atoms with Crippen LogP contribution in [0.15, 0.2) is 23.8 Å². The Bertz CT molecular complexity index is 882. The molecule has 1 N–H and O–H groups in total. The number of aromatic hydroxyl groups is 1. The topological polar surface area (TPSA) is 93.9 Å². The number of phenols is 1. The van der Waals surface area contributed by atoms with Gasteiger partial charge < -0.3 is 9.84 Å². The molecule has 1 amide bonds. The molecular weight excluding hydrogens is 365 g/mol. The van der Waals surface area contributed by atoms with E-state index in [9.17, 15) is 24.3 Å². The van der Waals surface area contributed by atoms with E-state index >= 15 is 0 Å². The van der Waals surface area contributed by atoms with Crippen LogP contribution in [0.3, 0.4) is 0 Å². The number of hydrogen-bond donors (Lipinski definition) is 1. The number of likely N-dealkylation sites (tertiary alicyclic amines) is 1. The van der Waals surface area contributed by atoms with Crippen molar-refractivity contribution in [2.45, 2.75) is 57.7 Å². The molecule has 0 radical (unpaired) electrons. The van der Waals surface area contributed by atoms with Crippen LogP contribution in [0, 0.1) is 11.3 Å². The Balaban J connectivity index is 2.00. The summed E-state index contributed by atoms with van der Waals surface area (Å²) < 4.78 is 19.8. The minimum Gasteiger partial charge on any atom is -0.508 e. The van der Waals surface area contributed by atoms with Crippen molar-refractivity contribution >= 4 is 12.0 Å². The van der Waals surface area contributed by atoms with Crippen LogP contribution in [-0.2, 0) is 22.5 Å². The molecule has 1 aromatic rings. The third-order valence-electron chi connectivity index (χ3n) is 4.88. The number of carbonyl (C=O) groups excluding carboxylic acids is 2. The van der Waals surface area contributed by atoms with Gasteiger partial charge in [-0.2, -0.15) is 5.26 Å². The number of nitrogens with zero attached hydrogens (tertiary/aromatic N) is 3. The smallest absolute Gasteiger partial charge is 0.411 e. The van der Waals surface area contributed by atoms with Crippen LogP contribution < -0.4 is 0 Å². The molecule has 0 aliphatic carbocycles. The molecule has 0 aromatic heterocycles. The van der Waals surface area contributed by atoms with Gasteiger partial charge in [-0.3, -0.25) is 9.80 Å². The third kappa shape index (κ3) is 3.72. The molecule has 0 bridgehead atoms. The number of amides is 1. The minimum absolute atomic E-state index is 0.0763. The number of ether oxygens (including phenoxy) is 1. The van der Waals surface area contributed by atoms with Crippen LogP contribution in [0.5, 0.6) is 5.75 Å². The van der Waals surface area contributed by atoms with Crippen molar-refractivity contribution in [2.75, 3.05) is 6.54 Å². The van der Waals surface area contributed by atoms with Gasteiger partial charge in [0.15, 0.2) is 0 Å². The second-order valence-electron chi connectivity index (χ2n) is 8.00. The fraction of sp³-hybridized carbons (Fsp3) is 0.500. The lowest BCUT2D eigenvalue weighted by Crippen LogP contribution is -2.56. The number of carbonyl (C=O) groups is 1. The third-order valence-corrected chi connectivity index (χ3v) is 4.88. The van der Waals surface area contributed by atoms with Crippen molar-refractivity contribution in [1.29, 1.82) is 5.26 Å². The van der Waals surface area contributed by atoms with Crippen molar-refractivity contribution in [3.05, 3.63) is 34.9 Å². The lowest BCUT2D eigenvalue weighted by atomic mass is 9.96. The Morgan fingerprint density at radius 3 is 2.68 bits per heavy atom. The number of nitriles is 1. The second kappa shape index (κ2) is 7.27. The highest BCUT2D eigenvalue weighted by Crippen LogP contribution is 2.34. The van der Waals surface area contributed by atoms with E-state index in [2.05, 4.69) is 0 Å². The molecule has 0 spiro atoms. The maximum Gasteiger partial charge on any atom is 0.411 e. The van der Waals surface area contributed by atoms with Gasteiger partial charge in [0.1, 0.15) is 29.5 Å². The van der Waals surface area contributed by atoms with Crippen molar-refractivity contribution < 1.29 is 23.8 Å². The number of phenolic OH excluding ortho intramolecular Hbond substituents is 1. The summed E-state index contributed by atoms with van der Waals surface area (Å²) >= 11 is 0. The molecule has 8 heteroatoms. The molecule has 1 fully saturated rings. The van der Waals surface area contributed by atoms with Crippen LogP contribution in [0.1, 0.15) is 31.9 Å². The second-order valence-corrected chi connectivity index (χ2v) is 8.00. The molecule has 0 saturated carbocycles. The van der Waals surface area contributed by atoms with Gasteiger partial charge in [-0.25, -0.2) is 14.0 Å². The molecule has 2 unspecified atom stereocenters. The van der Waals surface area contributed by atoms with Gasteiger partial charge >= 0.3 is 6.09 Å². The summed E-state index contributed by atoms with van der Waals surface area (Å²) in [6, 6.07) is 5.71. The molecule has 148 valence electrons. The molecule has 2 aliphatic rings. The molecule has 2 heterocycles. The Kier molecular flexibility index (Phi) is 5.16. The number of alkyl halides is 1. The molecule has 2 aliphatic heterocycles. The first-order valence-corrected chi connectivity index (χ1v) is 8.99. The van der Waals surface area contributed by atoms with Crippen molar-refractivity contribution in [3.8, 4) is 11.8 Å². The highest BCUT2D eigenvalue weighted by Gasteiger charge is 2.46. The van der Waals surface area contributed by atoms with Crippen LogP contribution >= 0.6 is 0 Å². The molecule has 1 aromatic carbocycles. The van der Waals surface area contributed by atoms with Gasteiger partial charge in [-0.05, 0) is 44.0 Å². The molecule has 28 heavy (non-hydrogen) atoms. The lowest BCUT2D eigenvalue weighted by Gasteiger charge is -2.42. The van der Waals surface area contributed by atoms with Gasteiger partial charge in [0.05, 0.1) is 24.4 Å². The number of halogens is 1. The summed E-state index contributed by atoms with van der Waals surface area (Å²) in [4.78, 5) is 26.9. The quantitative estimate of drug-likeness (QED) is 0.744. The van der Waals surface area contributed by atoms with Crippen LogP contribution in [-0.4, -0.2) is 57.5 Å². The number of hydrogen-bond acceptors (Lipinski definition) is 6. The predicted octanol–water partition coefficient (Wildman–Crippen LogP) is 2.32. The van der Waals surface area contributed by atoms with Gasteiger partial charge in [0, 0.05) is 13.0 Å². The highest BCUT2D eigenvalue weighted by molar-refractivity contribution is 5.69. The van der Waals surface area contributed by atoms with Gasteiger partial charge in [-0.1, -0.05) is 6.07 Å². The molecule has 7 nitrogen and oxygen atoms in total. The van der Waals surface area contributed by atoms with E-state index in [1.54, 1.807) is 44.9 Å². The maximum atomic E-state index is 14.3. The first-order valence-electron chi connectivity index (χ1n) is 8.99. The van der Waals surface area contributed by atoms with E-state index in [0.717, 1.165) is 11.1 Å². The zero-order chi connectivity index (χ0) is 20.6. The largest absolute Gasteiger partial charge is 0.508 e. The summed E-state index contributed by atoms with van der Waals surface area (Å²) in [5.74, 6) is 1.63. The lowest BCUT2D eigenvalue weighted by molar-refractivity contribution is -0.0190. The molecular formula is C20H22FN3O4. The van der Waals surface area contributed by atoms with E-state index in [0.29, 0.717) is 6.42 Å². The fourth-order valence-corrected chi connectivity index (χ4v) is 3.65. The van der Waals surface area contributed by atoms with Crippen LogP contribution in [0.25, 0.3) is 0 Å². The Hall–Kier alpha value is -2.88. The number of fused-ring (bicyclic) bond motifs is 1. The van der Waals surface area contributed by atoms with E-state index in [-0.39, 0.29) is 24.4 Å². The zero-order valence-electron chi connectivity index (χ0n) is 16.0. The summed E-state index contributed by atoms with van der Waals surface area (Å²) in [5.41, 5.74) is 0.635. The number of rotatable bonds is 1. The highest BCUT2D eigenvalue weighted by atomic mass is 19.1. The Morgan fingerprint density at radius 2 is 2.07 bits per heavy atom. The van der Waals surface area contributed by atoms with Crippen molar-refractivity contribution in [3.63, 3.8) is 0 Å². The monoisotopic (exact) mass is 387 g/mol. The van der Waals surface area contributed by atoms with Gasteiger partial charge in [0.2, 0.25) is 0 Å². The first-order chi connectivity index (χ1) is 13.1. The normalized spacial score (nSPS) is 25.0. The standard InChI is InChI=1S/C20H22FN3O4/c1-20(2,3)28-19(27)24-9-13-6-14(26)5-4-12(13)7-18(24)23-10-16(21)15(11-25)17(23)8-22/h4-6,16-18,26H,7,9-10H2,1-3H3/t16?,17?,18-/m0/s1. The van der Waals surface area contributed by atoms with Gasteiger partial charge in [-0.15, -0.1) is 0 Å². The maximum absolute atomic E-state index is 14.3. The molecule has 1 saturated heterocycles. The summed E-state index contributed by atoms with van der Waals surface area (Å²) in [6.45, 7) is 5.17.